The van der Waals surface area contributed by atoms with E-state index in [1.807, 2.05) is 6.07 Å². The Morgan fingerprint density at radius 3 is 2.29 bits per heavy atom. The highest BCUT2D eigenvalue weighted by Crippen LogP contribution is 2.28. The zero-order valence-electron chi connectivity index (χ0n) is 17.2. The van der Waals surface area contributed by atoms with Crippen LogP contribution in [0.1, 0.15) is 81.8 Å². The average Bonchev–Trinajstić information content (AvgIpc) is 3.11. The molecule has 0 spiro atoms. The Bertz CT molecular complexity index is 707. The van der Waals surface area contributed by atoms with E-state index in [0.717, 1.165) is 11.6 Å². The molecule has 2 atom stereocenters. The van der Waals surface area contributed by atoms with Crippen LogP contribution in [0.2, 0.25) is 0 Å². The van der Waals surface area contributed by atoms with E-state index in [0.29, 0.717) is 17.4 Å². The molecule has 1 aromatic heterocycles. The number of nitrogen functional groups attached to an aromatic ring is 1. The SMILES string of the molecule is CC(=O)c1ccc([N+](=O)[O-])cc1.CCCC(CCC(C)CC)c1cc(N)on1. The van der Waals surface area contributed by atoms with Gasteiger partial charge in [-0.3, -0.25) is 14.9 Å². The number of carbonyl (C=O) groups is 1. The maximum absolute atomic E-state index is 10.8. The van der Waals surface area contributed by atoms with E-state index in [1.165, 1.54) is 63.3 Å². The molecule has 2 unspecified atom stereocenters. The number of Topliss-reactive ketones (excluding diaryl/α,β-unsaturated/α-hetero) is 1. The summed E-state index contributed by atoms with van der Waals surface area (Å²) in [5, 5.41) is 14.2. The van der Waals surface area contributed by atoms with Gasteiger partial charge in [0.05, 0.1) is 10.6 Å². The molecule has 28 heavy (non-hydrogen) atoms. The Morgan fingerprint density at radius 2 is 1.86 bits per heavy atom. The van der Waals surface area contributed by atoms with Crippen molar-refractivity contribution in [3.63, 3.8) is 0 Å². The Morgan fingerprint density at radius 1 is 1.21 bits per heavy atom. The van der Waals surface area contributed by atoms with Gasteiger partial charge in [-0.1, -0.05) is 45.2 Å². The van der Waals surface area contributed by atoms with Crippen LogP contribution in [0.5, 0.6) is 0 Å². The van der Waals surface area contributed by atoms with Gasteiger partial charge in [0.25, 0.3) is 5.69 Å². The van der Waals surface area contributed by atoms with Gasteiger partial charge < -0.3 is 10.3 Å². The van der Waals surface area contributed by atoms with Crippen molar-refractivity contribution in [1.82, 2.24) is 5.16 Å². The number of benzene rings is 1. The van der Waals surface area contributed by atoms with Crippen LogP contribution in [-0.2, 0) is 0 Å². The first-order valence-corrected chi connectivity index (χ1v) is 9.75. The number of non-ortho nitro benzene ring substituents is 1. The number of anilines is 1. The predicted octanol–water partition coefficient (Wildman–Crippen LogP) is 5.76. The summed E-state index contributed by atoms with van der Waals surface area (Å²) in [5.74, 6) is 1.65. The molecule has 7 nitrogen and oxygen atoms in total. The molecule has 7 heteroatoms. The number of nitrogens with zero attached hydrogens (tertiary/aromatic N) is 2. The van der Waals surface area contributed by atoms with Crippen LogP contribution in [0, 0.1) is 16.0 Å². The van der Waals surface area contributed by atoms with E-state index in [-0.39, 0.29) is 11.5 Å². The predicted molar refractivity (Wildman–Crippen MR) is 110 cm³/mol. The summed E-state index contributed by atoms with van der Waals surface area (Å²) in [6.45, 7) is 8.18. The molecule has 0 fully saturated rings. The number of hydrogen-bond acceptors (Lipinski definition) is 6. The van der Waals surface area contributed by atoms with Crippen molar-refractivity contribution in [2.24, 2.45) is 5.92 Å². The van der Waals surface area contributed by atoms with Gasteiger partial charge in [0.15, 0.2) is 5.78 Å². The van der Waals surface area contributed by atoms with Gasteiger partial charge in [-0.2, -0.15) is 0 Å². The molecule has 1 aromatic carbocycles. The zero-order chi connectivity index (χ0) is 21.1. The second kappa shape index (κ2) is 11.9. The summed E-state index contributed by atoms with van der Waals surface area (Å²) in [4.78, 5) is 20.5. The molecule has 0 amide bonds. The molecule has 2 N–H and O–H groups in total. The number of rotatable bonds is 9. The molecular formula is C21H31N3O4. The largest absolute Gasteiger partial charge is 0.368 e. The summed E-state index contributed by atoms with van der Waals surface area (Å²) >= 11 is 0. The van der Waals surface area contributed by atoms with Crippen molar-refractivity contribution in [3.05, 3.63) is 51.7 Å². The summed E-state index contributed by atoms with van der Waals surface area (Å²) in [5.41, 5.74) is 7.08. The van der Waals surface area contributed by atoms with Crippen LogP contribution in [0.3, 0.4) is 0 Å². The van der Waals surface area contributed by atoms with Crippen molar-refractivity contribution in [2.75, 3.05) is 5.73 Å². The maximum atomic E-state index is 10.8. The Balaban J connectivity index is 0.000000292. The number of hydrogen-bond donors (Lipinski definition) is 1. The quantitative estimate of drug-likeness (QED) is 0.331. The molecule has 0 saturated carbocycles. The van der Waals surface area contributed by atoms with Crippen molar-refractivity contribution in [1.29, 1.82) is 0 Å². The fourth-order valence-corrected chi connectivity index (χ4v) is 2.79. The Hall–Kier alpha value is -2.70. The fourth-order valence-electron chi connectivity index (χ4n) is 2.79. The number of aromatic nitrogens is 1. The molecule has 0 aliphatic heterocycles. The van der Waals surface area contributed by atoms with E-state index in [2.05, 4.69) is 25.9 Å². The van der Waals surface area contributed by atoms with Crippen LogP contribution < -0.4 is 5.73 Å². The fraction of sp³-hybridized carbons (Fsp3) is 0.524. The van der Waals surface area contributed by atoms with E-state index < -0.39 is 4.92 Å². The van der Waals surface area contributed by atoms with Crippen LogP contribution in [0.4, 0.5) is 11.6 Å². The van der Waals surface area contributed by atoms with Crippen LogP contribution in [0.25, 0.3) is 0 Å². The van der Waals surface area contributed by atoms with Gasteiger partial charge in [0.2, 0.25) is 5.88 Å². The second-order valence-corrected chi connectivity index (χ2v) is 7.09. The topological polar surface area (TPSA) is 112 Å². The zero-order valence-corrected chi connectivity index (χ0v) is 17.2. The van der Waals surface area contributed by atoms with Crippen molar-refractivity contribution < 1.29 is 14.2 Å². The molecule has 0 bridgehead atoms. The molecule has 0 aliphatic carbocycles. The summed E-state index contributed by atoms with van der Waals surface area (Å²) < 4.78 is 4.95. The third-order valence-electron chi connectivity index (χ3n) is 4.79. The molecule has 0 radical (unpaired) electrons. The van der Waals surface area contributed by atoms with E-state index in [4.69, 9.17) is 10.3 Å². The van der Waals surface area contributed by atoms with Crippen molar-refractivity contribution >= 4 is 17.4 Å². The number of nitro groups is 1. The highest BCUT2D eigenvalue weighted by Gasteiger charge is 2.16. The molecule has 2 rings (SSSR count). The molecule has 154 valence electrons. The van der Waals surface area contributed by atoms with Crippen LogP contribution in [-0.4, -0.2) is 15.9 Å². The third-order valence-corrected chi connectivity index (χ3v) is 4.79. The first kappa shape index (κ1) is 23.3. The number of nitrogens with two attached hydrogens (primary N) is 1. The van der Waals surface area contributed by atoms with Gasteiger partial charge in [0.1, 0.15) is 0 Å². The lowest BCUT2D eigenvalue weighted by molar-refractivity contribution is -0.384. The highest BCUT2D eigenvalue weighted by atomic mass is 16.6. The smallest absolute Gasteiger partial charge is 0.269 e. The average molecular weight is 389 g/mol. The number of carbonyl (C=O) groups excluding carboxylic acids is 1. The maximum Gasteiger partial charge on any atom is 0.269 e. The minimum atomic E-state index is -0.496. The summed E-state index contributed by atoms with van der Waals surface area (Å²) in [6, 6.07) is 7.39. The van der Waals surface area contributed by atoms with Gasteiger partial charge in [0, 0.05) is 29.7 Å². The Kier molecular flexibility index (Phi) is 9.92. The van der Waals surface area contributed by atoms with E-state index in [1.54, 1.807) is 0 Å². The number of nitro benzene ring substituents is 1. The molecule has 1 heterocycles. The van der Waals surface area contributed by atoms with E-state index >= 15 is 0 Å². The van der Waals surface area contributed by atoms with Gasteiger partial charge in [-0.05, 0) is 37.8 Å². The summed E-state index contributed by atoms with van der Waals surface area (Å²) in [7, 11) is 0. The molecular weight excluding hydrogens is 358 g/mol. The second-order valence-electron chi connectivity index (χ2n) is 7.09. The highest BCUT2D eigenvalue weighted by molar-refractivity contribution is 5.94. The monoisotopic (exact) mass is 389 g/mol. The first-order valence-electron chi connectivity index (χ1n) is 9.75. The minimum Gasteiger partial charge on any atom is -0.368 e. The lowest BCUT2D eigenvalue weighted by Gasteiger charge is -2.15. The molecule has 2 aromatic rings. The van der Waals surface area contributed by atoms with Crippen LogP contribution >= 0.6 is 0 Å². The van der Waals surface area contributed by atoms with Gasteiger partial charge in [-0.15, -0.1) is 0 Å². The molecule has 0 saturated heterocycles. The lowest BCUT2D eigenvalue weighted by atomic mass is 9.90. The first-order chi connectivity index (χ1) is 13.3. The van der Waals surface area contributed by atoms with Gasteiger partial charge >= 0.3 is 0 Å². The normalized spacial score (nSPS) is 12.6. The minimum absolute atomic E-state index is 0.000000000000000222. The van der Waals surface area contributed by atoms with Crippen molar-refractivity contribution in [2.45, 2.75) is 65.7 Å². The van der Waals surface area contributed by atoms with Crippen molar-refractivity contribution in [3.8, 4) is 0 Å². The van der Waals surface area contributed by atoms with E-state index in [9.17, 15) is 14.9 Å². The standard InChI is InChI=1S/C13H24N2O.C8H7NO3/c1-4-6-11(8-7-10(3)5-2)12-9-13(14)16-15-12;1-6(10)7-2-4-8(5-3-7)9(11)12/h9-11H,4-8,14H2,1-3H3;2-5H,1H3. The van der Waals surface area contributed by atoms with Gasteiger partial charge in [-0.25, -0.2) is 0 Å². The van der Waals surface area contributed by atoms with Crippen LogP contribution in [0.15, 0.2) is 34.9 Å². The Labute approximate surface area is 166 Å². The number of ketones is 1. The molecule has 0 aliphatic rings. The summed E-state index contributed by atoms with van der Waals surface area (Å²) in [6.07, 6.45) is 6.04. The third kappa shape index (κ3) is 7.90. The lowest BCUT2D eigenvalue weighted by Crippen LogP contribution is -2.02.